The van der Waals surface area contributed by atoms with Crippen LogP contribution in [0.5, 0.6) is 0 Å². The maximum Gasteiger partial charge on any atom is 0.329 e. The molecule has 6 heteroatoms. The number of halogens is 1. The lowest BCUT2D eigenvalue weighted by molar-refractivity contribution is 0.280. The molecule has 0 aromatic carbocycles. The van der Waals surface area contributed by atoms with Gasteiger partial charge in [-0.2, -0.15) is 0 Å². The van der Waals surface area contributed by atoms with Crippen LogP contribution in [-0.2, 0) is 0 Å². The zero-order valence-electron chi connectivity index (χ0n) is 12.3. The van der Waals surface area contributed by atoms with E-state index in [4.69, 9.17) is 11.6 Å². The van der Waals surface area contributed by atoms with Crippen molar-refractivity contribution in [1.82, 2.24) is 14.5 Å². The number of likely N-dealkylation sites (tertiary alicyclic amines) is 1. The first kappa shape index (κ1) is 15.3. The average Bonchev–Trinajstić information content (AvgIpc) is 2.79. The molecule has 1 atom stereocenters. The van der Waals surface area contributed by atoms with Crippen molar-refractivity contribution in [2.45, 2.75) is 45.6 Å². The second-order valence-corrected chi connectivity index (χ2v) is 6.22. The summed E-state index contributed by atoms with van der Waals surface area (Å²) < 4.78 is 1.31. The van der Waals surface area contributed by atoms with E-state index >= 15 is 0 Å². The minimum absolute atomic E-state index is 0.0166. The van der Waals surface area contributed by atoms with Crippen molar-refractivity contribution < 1.29 is 0 Å². The summed E-state index contributed by atoms with van der Waals surface area (Å²) in [7, 11) is 0. The molecule has 0 amide bonds. The number of rotatable bonds is 4. The highest BCUT2D eigenvalue weighted by atomic mass is 35.5. The molecule has 0 aliphatic carbocycles. The largest absolute Gasteiger partial charge is 0.329 e. The SMILES string of the molecule is CC(C)c1c(Cl)[nH]c(=O)n(C(C)CN2CCCC2)c1=O. The predicted octanol–water partition coefficient (Wildman–Crippen LogP) is 1.97. The van der Waals surface area contributed by atoms with E-state index in [1.165, 1.54) is 17.4 Å². The van der Waals surface area contributed by atoms with Crippen molar-refractivity contribution in [3.63, 3.8) is 0 Å². The second-order valence-electron chi connectivity index (χ2n) is 5.84. The standard InChI is InChI=1S/C14H22ClN3O2/c1-9(2)11-12(15)16-14(20)18(13(11)19)10(3)8-17-6-4-5-7-17/h9-10H,4-8H2,1-3H3,(H,16,20). The molecule has 1 fully saturated rings. The third-order valence-corrected chi connectivity index (χ3v) is 4.16. The zero-order chi connectivity index (χ0) is 14.9. The predicted molar refractivity (Wildman–Crippen MR) is 80.8 cm³/mol. The van der Waals surface area contributed by atoms with Gasteiger partial charge in [0.1, 0.15) is 5.15 Å². The van der Waals surface area contributed by atoms with Crippen LogP contribution >= 0.6 is 11.6 Å². The zero-order valence-corrected chi connectivity index (χ0v) is 13.0. The maximum absolute atomic E-state index is 12.5. The van der Waals surface area contributed by atoms with Gasteiger partial charge in [0.15, 0.2) is 0 Å². The van der Waals surface area contributed by atoms with Crippen LogP contribution < -0.4 is 11.2 Å². The van der Waals surface area contributed by atoms with E-state index in [-0.39, 0.29) is 22.7 Å². The Kier molecular flexibility index (Phi) is 4.70. The van der Waals surface area contributed by atoms with Crippen LogP contribution in [0.2, 0.25) is 5.15 Å². The lowest BCUT2D eigenvalue weighted by Crippen LogP contribution is -2.43. The van der Waals surface area contributed by atoms with Crippen LogP contribution in [0.15, 0.2) is 9.59 Å². The summed E-state index contributed by atoms with van der Waals surface area (Å²) in [6.07, 6.45) is 2.38. The smallest absolute Gasteiger partial charge is 0.301 e. The first-order valence-electron chi connectivity index (χ1n) is 7.18. The molecule has 1 N–H and O–H groups in total. The van der Waals surface area contributed by atoms with Crippen molar-refractivity contribution in [1.29, 1.82) is 0 Å². The Morgan fingerprint density at radius 1 is 1.20 bits per heavy atom. The Balaban J connectivity index is 2.37. The molecule has 1 aliphatic heterocycles. The molecule has 20 heavy (non-hydrogen) atoms. The highest BCUT2D eigenvalue weighted by Gasteiger charge is 2.21. The van der Waals surface area contributed by atoms with Crippen LogP contribution in [0.1, 0.15) is 51.1 Å². The Hall–Kier alpha value is -1.07. The van der Waals surface area contributed by atoms with Crippen LogP contribution in [0, 0.1) is 0 Å². The molecular formula is C14H22ClN3O2. The van der Waals surface area contributed by atoms with E-state index in [2.05, 4.69) is 9.88 Å². The normalized spacial score (nSPS) is 17.9. The van der Waals surface area contributed by atoms with E-state index in [1.54, 1.807) is 0 Å². The van der Waals surface area contributed by atoms with E-state index in [0.717, 1.165) is 19.6 Å². The second kappa shape index (κ2) is 6.14. The van der Waals surface area contributed by atoms with Crippen LogP contribution in [-0.4, -0.2) is 34.1 Å². The highest BCUT2D eigenvalue weighted by Crippen LogP contribution is 2.18. The van der Waals surface area contributed by atoms with Crippen molar-refractivity contribution in [2.75, 3.05) is 19.6 Å². The summed E-state index contributed by atoms with van der Waals surface area (Å²) >= 11 is 6.00. The third kappa shape index (κ3) is 2.99. The molecule has 5 nitrogen and oxygen atoms in total. The fourth-order valence-corrected chi connectivity index (χ4v) is 3.24. The van der Waals surface area contributed by atoms with Gasteiger partial charge in [0, 0.05) is 6.54 Å². The fourth-order valence-electron chi connectivity index (χ4n) is 2.86. The van der Waals surface area contributed by atoms with Crippen LogP contribution in [0.3, 0.4) is 0 Å². The van der Waals surface area contributed by atoms with Crippen molar-refractivity contribution >= 4 is 11.6 Å². The van der Waals surface area contributed by atoms with Crippen LogP contribution in [0.25, 0.3) is 0 Å². The topological polar surface area (TPSA) is 58.1 Å². The van der Waals surface area contributed by atoms with Crippen molar-refractivity contribution in [3.05, 3.63) is 31.6 Å². The fraction of sp³-hybridized carbons (Fsp3) is 0.714. The van der Waals surface area contributed by atoms with Gasteiger partial charge in [-0.25, -0.2) is 4.79 Å². The minimum atomic E-state index is -0.420. The summed E-state index contributed by atoms with van der Waals surface area (Å²) in [6.45, 7) is 8.52. The quantitative estimate of drug-likeness (QED) is 0.865. The van der Waals surface area contributed by atoms with E-state index in [1.807, 2.05) is 20.8 Å². The molecule has 2 rings (SSSR count). The van der Waals surface area contributed by atoms with E-state index in [0.29, 0.717) is 5.56 Å². The van der Waals surface area contributed by atoms with Gasteiger partial charge in [-0.3, -0.25) is 14.3 Å². The summed E-state index contributed by atoms with van der Waals surface area (Å²) in [5.74, 6) is -0.0166. The molecule has 0 saturated carbocycles. The molecule has 1 aromatic heterocycles. The molecule has 112 valence electrons. The van der Waals surface area contributed by atoms with E-state index in [9.17, 15) is 9.59 Å². The van der Waals surface area contributed by atoms with Gasteiger partial charge < -0.3 is 4.90 Å². The monoisotopic (exact) mass is 299 g/mol. The lowest BCUT2D eigenvalue weighted by Gasteiger charge is -2.22. The summed E-state index contributed by atoms with van der Waals surface area (Å²) in [4.78, 5) is 29.4. The number of hydrogen-bond acceptors (Lipinski definition) is 3. The Bertz CT molecular complexity index is 585. The number of hydrogen-bond donors (Lipinski definition) is 1. The first-order valence-corrected chi connectivity index (χ1v) is 7.56. The van der Waals surface area contributed by atoms with Gasteiger partial charge in [-0.05, 0) is 38.8 Å². The number of H-pyrrole nitrogens is 1. The Morgan fingerprint density at radius 3 is 2.35 bits per heavy atom. The molecule has 2 heterocycles. The molecule has 1 saturated heterocycles. The van der Waals surface area contributed by atoms with Crippen molar-refractivity contribution in [3.8, 4) is 0 Å². The van der Waals surface area contributed by atoms with E-state index < -0.39 is 5.69 Å². The van der Waals surface area contributed by atoms with Gasteiger partial charge in [0.05, 0.1) is 11.6 Å². The van der Waals surface area contributed by atoms with Gasteiger partial charge in [-0.1, -0.05) is 25.4 Å². The molecule has 0 bridgehead atoms. The molecular weight excluding hydrogens is 278 g/mol. The molecule has 0 spiro atoms. The lowest BCUT2D eigenvalue weighted by atomic mass is 10.1. The highest BCUT2D eigenvalue weighted by molar-refractivity contribution is 6.30. The van der Waals surface area contributed by atoms with Gasteiger partial charge in [0.2, 0.25) is 0 Å². The van der Waals surface area contributed by atoms with Gasteiger partial charge >= 0.3 is 5.69 Å². The number of aromatic nitrogens is 2. The van der Waals surface area contributed by atoms with Crippen LogP contribution in [0.4, 0.5) is 0 Å². The minimum Gasteiger partial charge on any atom is -0.301 e. The maximum atomic E-state index is 12.5. The number of nitrogens with one attached hydrogen (secondary N) is 1. The number of aromatic amines is 1. The first-order chi connectivity index (χ1) is 9.41. The van der Waals surface area contributed by atoms with Crippen molar-refractivity contribution in [2.24, 2.45) is 0 Å². The third-order valence-electron chi connectivity index (χ3n) is 3.86. The Labute approximate surface area is 123 Å². The molecule has 1 aliphatic rings. The van der Waals surface area contributed by atoms with Gasteiger partial charge in [-0.15, -0.1) is 0 Å². The summed E-state index contributed by atoms with van der Waals surface area (Å²) in [6, 6.07) is -0.154. The number of nitrogens with zero attached hydrogens (tertiary/aromatic N) is 2. The Morgan fingerprint density at radius 2 is 1.80 bits per heavy atom. The van der Waals surface area contributed by atoms with Gasteiger partial charge in [0.25, 0.3) is 5.56 Å². The average molecular weight is 300 g/mol. The molecule has 1 aromatic rings. The summed E-state index contributed by atoms with van der Waals surface area (Å²) in [5.41, 5.74) is -0.198. The summed E-state index contributed by atoms with van der Waals surface area (Å²) in [5, 5.41) is 0.166. The molecule has 1 unspecified atom stereocenters. The molecule has 0 radical (unpaired) electrons.